The Morgan fingerprint density at radius 3 is 2.65 bits per heavy atom. The van der Waals surface area contributed by atoms with Gasteiger partial charge in [0, 0.05) is 25.8 Å². The Morgan fingerprint density at radius 2 is 1.96 bits per heavy atom. The molecule has 1 aliphatic heterocycles. The summed E-state index contributed by atoms with van der Waals surface area (Å²) in [6.45, 7) is 2.85. The van der Waals surface area contributed by atoms with E-state index < -0.39 is 6.10 Å². The van der Waals surface area contributed by atoms with Crippen LogP contribution in [0.2, 0.25) is 0 Å². The Kier molecular flexibility index (Phi) is 7.61. The van der Waals surface area contributed by atoms with Crippen LogP contribution in [0.3, 0.4) is 0 Å². The lowest BCUT2D eigenvalue weighted by atomic mass is 10.1. The second-order valence-electron chi connectivity index (χ2n) is 5.65. The van der Waals surface area contributed by atoms with Crippen molar-refractivity contribution in [2.45, 2.75) is 31.6 Å². The molecule has 1 atom stereocenters. The van der Waals surface area contributed by atoms with E-state index in [1.807, 2.05) is 18.2 Å². The van der Waals surface area contributed by atoms with E-state index in [-0.39, 0.29) is 0 Å². The summed E-state index contributed by atoms with van der Waals surface area (Å²) in [6, 6.07) is 6.09. The minimum absolute atomic E-state index is 0.296. The molecule has 2 N–H and O–H groups in total. The van der Waals surface area contributed by atoms with Gasteiger partial charge in [0.25, 0.3) is 0 Å². The van der Waals surface area contributed by atoms with E-state index in [0.717, 1.165) is 31.6 Å². The summed E-state index contributed by atoms with van der Waals surface area (Å²) in [5.74, 6) is 1.37. The number of methoxy groups -OCH3 is 2. The minimum atomic E-state index is -0.516. The van der Waals surface area contributed by atoms with Crippen molar-refractivity contribution < 1.29 is 24.1 Å². The molecule has 0 spiro atoms. The van der Waals surface area contributed by atoms with Gasteiger partial charge in [-0.2, -0.15) is 0 Å². The molecule has 0 radical (unpaired) electrons. The molecule has 1 unspecified atom stereocenters. The smallest absolute Gasteiger partial charge is 0.161 e. The average molecular weight is 325 g/mol. The largest absolute Gasteiger partial charge is 0.493 e. The topological polar surface area (TPSA) is 69.2 Å². The number of aliphatic hydroxyl groups is 1. The molecule has 1 aromatic carbocycles. The van der Waals surface area contributed by atoms with E-state index in [2.05, 4.69) is 5.32 Å². The van der Waals surface area contributed by atoms with Crippen molar-refractivity contribution in [3.8, 4) is 11.5 Å². The standard InChI is InChI=1S/C17H27NO5/c1-20-16-4-3-13(9-17(16)21-2)11-23-12-15(19)10-18-14-5-7-22-8-6-14/h3-4,9,14-15,18-19H,5-8,10-12H2,1-2H3. The fraction of sp³-hybridized carbons (Fsp3) is 0.647. The molecule has 1 saturated heterocycles. The quantitative estimate of drug-likeness (QED) is 0.714. The van der Waals surface area contributed by atoms with Gasteiger partial charge in [-0.1, -0.05) is 6.07 Å². The van der Waals surface area contributed by atoms with Crippen molar-refractivity contribution in [3.05, 3.63) is 23.8 Å². The molecule has 0 bridgehead atoms. The second kappa shape index (κ2) is 9.72. The monoisotopic (exact) mass is 325 g/mol. The highest BCUT2D eigenvalue weighted by molar-refractivity contribution is 5.42. The third-order valence-corrected chi connectivity index (χ3v) is 3.89. The lowest BCUT2D eigenvalue weighted by Gasteiger charge is -2.24. The van der Waals surface area contributed by atoms with Crippen LogP contribution in [0.4, 0.5) is 0 Å². The Hall–Kier alpha value is -1.34. The fourth-order valence-corrected chi connectivity index (χ4v) is 2.55. The van der Waals surface area contributed by atoms with Crippen molar-refractivity contribution in [1.29, 1.82) is 0 Å². The highest BCUT2D eigenvalue weighted by Crippen LogP contribution is 2.27. The van der Waals surface area contributed by atoms with Crippen LogP contribution in [0, 0.1) is 0 Å². The predicted molar refractivity (Wildman–Crippen MR) is 87.1 cm³/mol. The van der Waals surface area contributed by atoms with Crippen LogP contribution in [0.1, 0.15) is 18.4 Å². The molecule has 2 rings (SSSR count). The molecule has 130 valence electrons. The lowest BCUT2D eigenvalue weighted by Crippen LogP contribution is -2.40. The van der Waals surface area contributed by atoms with Gasteiger partial charge in [-0.05, 0) is 30.5 Å². The zero-order valence-corrected chi connectivity index (χ0v) is 13.9. The highest BCUT2D eigenvalue weighted by Gasteiger charge is 2.14. The van der Waals surface area contributed by atoms with Crippen LogP contribution in [0.25, 0.3) is 0 Å². The molecule has 1 aromatic rings. The van der Waals surface area contributed by atoms with Crippen molar-refractivity contribution >= 4 is 0 Å². The van der Waals surface area contributed by atoms with E-state index >= 15 is 0 Å². The zero-order valence-electron chi connectivity index (χ0n) is 13.9. The molecule has 6 heteroatoms. The van der Waals surface area contributed by atoms with Crippen molar-refractivity contribution in [1.82, 2.24) is 5.32 Å². The summed E-state index contributed by atoms with van der Waals surface area (Å²) in [6.07, 6.45) is 1.48. The summed E-state index contributed by atoms with van der Waals surface area (Å²) in [4.78, 5) is 0. The molecular weight excluding hydrogens is 298 g/mol. The van der Waals surface area contributed by atoms with Crippen molar-refractivity contribution in [2.75, 3.05) is 40.6 Å². The molecule has 23 heavy (non-hydrogen) atoms. The van der Waals surface area contributed by atoms with E-state index in [1.165, 1.54) is 0 Å². The molecule has 1 heterocycles. The van der Waals surface area contributed by atoms with E-state index in [9.17, 15) is 5.11 Å². The van der Waals surface area contributed by atoms with Gasteiger partial charge in [0.15, 0.2) is 11.5 Å². The van der Waals surface area contributed by atoms with Gasteiger partial charge in [-0.25, -0.2) is 0 Å². The van der Waals surface area contributed by atoms with E-state index in [4.69, 9.17) is 18.9 Å². The summed E-state index contributed by atoms with van der Waals surface area (Å²) in [7, 11) is 3.21. The van der Waals surface area contributed by atoms with Crippen LogP contribution < -0.4 is 14.8 Å². The van der Waals surface area contributed by atoms with Gasteiger partial charge in [0.05, 0.1) is 33.5 Å². The average Bonchev–Trinajstić information content (AvgIpc) is 2.60. The molecule has 1 fully saturated rings. The van der Waals surface area contributed by atoms with Crippen LogP contribution in [-0.2, 0) is 16.1 Å². The predicted octanol–water partition coefficient (Wildman–Crippen LogP) is 1.35. The number of nitrogens with one attached hydrogen (secondary N) is 1. The molecule has 1 aliphatic rings. The van der Waals surface area contributed by atoms with Crippen LogP contribution in [0.5, 0.6) is 11.5 Å². The maximum Gasteiger partial charge on any atom is 0.161 e. The summed E-state index contributed by atoms with van der Waals surface area (Å²) in [5, 5.41) is 13.3. The maximum atomic E-state index is 9.98. The number of benzene rings is 1. The molecule has 0 aromatic heterocycles. The minimum Gasteiger partial charge on any atom is -0.493 e. The fourth-order valence-electron chi connectivity index (χ4n) is 2.55. The third kappa shape index (κ3) is 5.99. The molecule has 0 saturated carbocycles. The van der Waals surface area contributed by atoms with E-state index in [0.29, 0.717) is 37.3 Å². The molecule has 6 nitrogen and oxygen atoms in total. The van der Waals surface area contributed by atoms with Crippen LogP contribution in [0.15, 0.2) is 18.2 Å². The van der Waals surface area contributed by atoms with Gasteiger partial charge < -0.3 is 29.4 Å². The van der Waals surface area contributed by atoms with Crippen molar-refractivity contribution in [3.63, 3.8) is 0 Å². The molecule has 0 aliphatic carbocycles. The number of ether oxygens (including phenoxy) is 4. The molecule has 0 amide bonds. The van der Waals surface area contributed by atoms with Crippen LogP contribution in [-0.4, -0.2) is 57.8 Å². The number of hydrogen-bond donors (Lipinski definition) is 2. The van der Waals surface area contributed by atoms with Gasteiger partial charge in [-0.15, -0.1) is 0 Å². The molecular formula is C17H27NO5. The first-order valence-corrected chi connectivity index (χ1v) is 8.00. The Labute approximate surface area is 137 Å². The first kappa shape index (κ1) is 18.0. The third-order valence-electron chi connectivity index (χ3n) is 3.89. The maximum absolute atomic E-state index is 9.98. The van der Waals surface area contributed by atoms with Gasteiger partial charge in [-0.3, -0.25) is 0 Å². The first-order valence-electron chi connectivity index (χ1n) is 8.00. The zero-order chi connectivity index (χ0) is 16.5. The number of rotatable bonds is 9. The Morgan fingerprint density at radius 1 is 1.22 bits per heavy atom. The van der Waals surface area contributed by atoms with Gasteiger partial charge in [0.2, 0.25) is 0 Å². The Bertz CT molecular complexity index is 462. The second-order valence-corrected chi connectivity index (χ2v) is 5.65. The van der Waals surface area contributed by atoms with Gasteiger partial charge >= 0.3 is 0 Å². The first-order chi connectivity index (χ1) is 11.2. The Balaban J connectivity index is 1.67. The van der Waals surface area contributed by atoms with E-state index in [1.54, 1.807) is 14.2 Å². The number of aliphatic hydroxyl groups excluding tert-OH is 1. The highest BCUT2D eigenvalue weighted by atomic mass is 16.5. The van der Waals surface area contributed by atoms with Crippen LogP contribution >= 0.6 is 0 Å². The summed E-state index contributed by atoms with van der Waals surface area (Å²) in [5.41, 5.74) is 0.979. The van der Waals surface area contributed by atoms with Crippen molar-refractivity contribution in [2.24, 2.45) is 0 Å². The van der Waals surface area contributed by atoms with Gasteiger partial charge in [0.1, 0.15) is 0 Å². The number of hydrogen-bond acceptors (Lipinski definition) is 6. The summed E-state index contributed by atoms with van der Waals surface area (Å²) < 4.78 is 21.4. The summed E-state index contributed by atoms with van der Waals surface area (Å²) >= 11 is 0. The SMILES string of the molecule is COc1ccc(COCC(O)CNC2CCOCC2)cc1OC. The lowest BCUT2D eigenvalue weighted by molar-refractivity contribution is 0.0228. The normalized spacial score (nSPS) is 17.0.